The molecular formula is C15H21F2N2OP. The normalized spacial score (nSPS) is 23.0. The predicted octanol–water partition coefficient (Wildman–Crippen LogP) is 4.64. The third-order valence-electron chi connectivity index (χ3n) is 4.08. The molecule has 1 aliphatic rings. The molecule has 1 unspecified atom stereocenters. The first kappa shape index (κ1) is 16.2. The zero-order valence-electron chi connectivity index (χ0n) is 12.1. The van der Waals surface area contributed by atoms with Crippen molar-refractivity contribution in [2.24, 2.45) is 5.92 Å². The topological polar surface area (TPSA) is 38.0 Å². The van der Waals surface area contributed by atoms with Crippen LogP contribution in [0.3, 0.4) is 0 Å². The lowest BCUT2D eigenvalue weighted by Gasteiger charge is -2.30. The maximum atomic E-state index is 13.9. The highest BCUT2D eigenvalue weighted by molar-refractivity contribution is 7.17. The van der Waals surface area contributed by atoms with Gasteiger partial charge in [-0.25, -0.2) is 0 Å². The van der Waals surface area contributed by atoms with Crippen LogP contribution < -0.4 is 0 Å². The molecule has 1 aromatic heterocycles. The molecule has 2 rings (SSSR count). The van der Waals surface area contributed by atoms with Gasteiger partial charge in [0.2, 0.25) is 0 Å². The van der Waals surface area contributed by atoms with Crippen molar-refractivity contribution >= 4 is 14.8 Å². The fourth-order valence-corrected chi connectivity index (χ4v) is 3.23. The Labute approximate surface area is 125 Å². The van der Waals surface area contributed by atoms with Crippen LogP contribution in [0.2, 0.25) is 0 Å². The highest BCUT2D eigenvalue weighted by Gasteiger charge is 2.36. The van der Waals surface area contributed by atoms with Crippen molar-refractivity contribution in [3.63, 3.8) is 0 Å². The first-order valence-electron chi connectivity index (χ1n) is 7.00. The second kappa shape index (κ2) is 5.88. The average Bonchev–Trinajstić information content (AvgIpc) is 2.83. The molecule has 116 valence electrons. The summed E-state index contributed by atoms with van der Waals surface area (Å²) in [7, 11) is 1.59. The Bertz CT molecular complexity index is 555. The molecule has 1 fully saturated rings. The van der Waals surface area contributed by atoms with Crippen LogP contribution in [0.1, 0.15) is 49.9 Å². The van der Waals surface area contributed by atoms with Crippen molar-refractivity contribution < 1.29 is 13.9 Å². The Morgan fingerprint density at radius 2 is 1.95 bits per heavy atom. The van der Waals surface area contributed by atoms with Gasteiger partial charge in [0.1, 0.15) is 5.69 Å². The van der Waals surface area contributed by atoms with Crippen LogP contribution in [-0.2, 0) is 5.66 Å². The average molecular weight is 314 g/mol. The molecule has 3 nitrogen and oxygen atoms in total. The van der Waals surface area contributed by atoms with Crippen molar-refractivity contribution in [2.45, 2.75) is 44.3 Å². The van der Waals surface area contributed by atoms with Gasteiger partial charge in [0, 0.05) is 11.5 Å². The molecule has 0 radical (unpaired) electrons. The predicted molar refractivity (Wildman–Crippen MR) is 83.3 cm³/mol. The van der Waals surface area contributed by atoms with E-state index >= 15 is 0 Å². The molecule has 6 heteroatoms. The van der Waals surface area contributed by atoms with Crippen molar-refractivity contribution in [2.75, 3.05) is 0 Å². The second-order valence-corrected chi connectivity index (χ2v) is 6.48. The lowest BCUT2D eigenvalue weighted by Crippen LogP contribution is -2.24. The molecule has 0 saturated heterocycles. The Morgan fingerprint density at radius 1 is 1.38 bits per heavy atom. The van der Waals surface area contributed by atoms with Crippen LogP contribution in [0, 0.1) is 5.92 Å². The van der Waals surface area contributed by atoms with E-state index < -0.39 is 5.66 Å². The summed E-state index contributed by atoms with van der Waals surface area (Å²) in [6.07, 6.45) is 4.35. The number of aliphatic hydroxyl groups is 1. The number of hydrogen-bond acceptors (Lipinski definition) is 2. The fraction of sp³-hybridized carbons (Fsp3) is 0.533. The molecule has 1 aromatic rings. The minimum absolute atomic E-state index is 0.0670. The molecule has 1 N–H and O–H groups in total. The number of aliphatic hydroxyl groups excluding tert-OH is 1. The van der Waals surface area contributed by atoms with E-state index in [2.05, 4.69) is 18.3 Å². The number of nitrogens with zero attached hydrogens (tertiary/aromatic N) is 2. The first-order valence-corrected chi connectivity index (χ1v) is 7.58. The number of allylic oxidation sites excluding steroid dienone is 2. The van der Waals surface area contributed by atoms with Gasteiger partial charge < -0.3 is 5.11 Å². The Balaban J connectivity index is 2.29. The van der Waals surface area contributed by atoms with E-state index in [0.29, 0.717) is 24.0 Å². The summed E-state index contributed by atoms with van der Waals surface area (Å²) < 4.78 is 29.3. The zero-order valence-corrected chi connectivity index (χ0v) is 13.3. The maximum absolute atomic E-state index is 13.9. The Hall–Kier alpha value is -1.22. The van der Waals surface area contributed by atoms with Crippen LogP contribution in [0.4, 0.5) is 8.78 Å². The van der Waals surface area contributed by atoms with Gasteiger partial charge in [-0.2, -0.15) is 13.9 Å². The van der Waals surface area contributed by atoms with E-state index in [0.717, 1.165) is 12.8 Å². The lowest BCUT2D eigenvalue weighted by molar-refractivity contribution is 0.0861. The minimum Gasteiger partial charge on any atom is -0.513 e. The Morgan fingerprint density at radius 3 is 2.38 bits per heavy atom. The van der Waals surface area contributed by atoms with E-state index in [-0.39, 0.29) is 23.4 Å². The molecule has 1 heterocycles. The molecule has 0 spiro atoms. The van der Waals surface area contributed by atoms with Crippen molar-refractivity contribution in [3.05, 3.63) is 36.4 Å². The molecule has 0 aromatic carbocycles. The standard InChI is InChI=1S/C15H21F2N2OP/c1-9(2)13-8-18-19(14(13)15(16,17)21)12-6-4-11(5-7-12)10(3)20/h8,11-12,20H,1,3-7,21H2,2H3. The highest BCUT2D eigenvalue weighted by atomic mass is 31.0. The first-order chi connectivity index (χ1) is 9.71. The van der Waals surface area contributed by atoms with Gasteiger partial charge in [-0.05, 0) is 38.2 Å². The van der Waals surface area contributed by atoms with E-state index in [9.17, 15) is 13.9 Å². The fourth-order valence-electron chi connectivity index (χ4n) is 2.94. The molecule has 21 heavy (non-hydrogen) atoms. The van der Waals surface area contributed by atoms with Crippen LogP contribution in [0.15, 0.2) is 25.1 Å². The monoisotopic (exact) mass is 314 g/mol. The molecule has 1 saturated carbocycles. The molecule has 1 aliphatic carbocycles. The van der Waals surface area contributed by atoms with Crippen molar-refractivity contribution in [3.8, 4) is 0 Å². The highest BCUT2D eigenvalue weighted by Crippen LogP contribution is 2.43. The van der Waals surface area contributed by atoms with Gasteiger partial charge in [0.25, 0.3) is 0 Å². The van der Waals surface area contributed by atoms with Crippen LogP contribution in [0.5, 0.6) is 0 Å². The molecule has 1 atom stereocenters. The number of halogens is 2. The summed E-state index contributed by atoms with van der Waals surface area (Å²) in [6.45, 7) is 9.01. The van der Waals surface area contributed by atoms with Gasteiger partial charge in [-0.15, -0.1) is 0 Å². The summed E-state index contributed by atoms with van der Waals surface area (Å²) in [5.74, 6) is 0.255. The quantitative estimate of drug-likeness (QED) is 0.649. The van der Waals surface area contributed by atoms with Gasteiger partial charge in [0.05, 0.1) is 18.0 Å². The minimum atomic E-state index is -3.04. The largest absolute Gasteiger partial charge is 0.513 e. The van der Waals surface area contributed by atoms with Crippen molar-refractivity contribution in [1.82, 2.24) is 9.78 Å². The van der Waals surface area contributed by atoms with Gasteiger partial charge in [0.15, 0.2) is 0 Å². The van der Waals surface area contributed by atoms with E-state index in [1.165, 1.54) is 10.9 Å². The van der Waals surface area contributed by atoms with Crippen LogP contribution in [0.25, 0.3) is 5.57 Å². The summed E-state index contributed by atoms with van der Waals surface area (Å²) in [4.78, 5) is 0. The number of hydrogen-bond donors (Lipinski definition) is 1. The van der Waals surface area contributed by atoms with Crippen LogP contribution >= 0.6 is 9.24 Å². The summed E-state index contributed by atoms with van der Waals surface area (Å²) in [6, 6.07) is -0.0740. The second-order valence-electron chi connectivity index (χ2n) is 5.75. The van der Waals surface area contributed by atoms with E-state index in [1.54, 1.807) is 16.2 Å². The van der Waals surface area contributed by atoms with E-state index in [4.69, 9.17) is 0 Å². The third kappa shape index (κ3) is 3.34. The zero-order chi connectivity index (χ0) is 15.8. The Kier molecular flexibility index (Phi) is 4.52. The van der Waals surface area contributed by atoms with Gasteiger partial charge in [-0.1, -0.05) is 22.4 Å². The SMILES string of the molecule is C=C(C)c1cnn(C2CCC(C(=C)O)CC2)c1C(F)(F)P. The van der Waals surface area contributed by atoms with Gasteiger partial charge >= 0.3 is 5.66 Å². The number of aromatic nitrogens is 2. The van der Waals surface area contributed by atoms with Crippen molar-refractivity contribution in [1.29, 1.82) is 0 Å². The molecular weight excluding hydrogens is 293 g/mol. The smallest absolute Gasteiger partial charge is 0.300 e. The number of rotatable bonds is 4. The number of alkyl halides is 2. The molecule has 0 bridgehead atoms. The van der Waals surface area contributed by atoms with Gasteiger partial charge in [-0.3, -0.25) is 4.68 Å². The maximum Gasteiger partial charge on any atom is 0.300 e. The van der Waals surface area contributed by atoms with E-state index in [1.807, 2.05) is 0 Å². The summed E-state index contributed by atoms with van der Waals surface area (Å²) in [5.41, 5.74) is -2.15. The lowest BCUT2D eigenvalue weighted by atomic mass is 9.85. The molecule has 0 aliphatic heterocycles. The molecule has 0 amide bonds. The summed E-state index contributed by atoms with van der Waals surface area (Å²) in [5, 5.41) is 13.6. The van der Waals surface area contributed by atoms with Crippen LogP contribution in [-0.4, -0.2) is 14.9 Å². The summed E-state index contributed by atoms with van der Waals surface area (Å²) >= 11 is 0. The third-order valence-corrected chi connectivity index (χ3v) is 4.36.